The number of hydrogen-bond donors (Lipinski definition) is 2. The molecular weight excluding hydrogens is 159 g/mol. The van der Waals surface area contributed by atoms with Crippen molar-refractivity contribution < 1.29 is 29.6 Å². The van der Waals surface area contributed by atoms with E-state index < -0.39 is 0 Å². The molecule has 0 amide bonds. The van der Waals surface area contributed by atoms with Crippen LogP contribution in [0.15, 0.2) is 0 Å². The van der Waals surface area contributed by atoms with Crippen LogP contribution in [0.3, 0.4) is 0 Å². The number of nitrogens with zero attached hydrogens (tertiary/aromatic N) is 6. The third-order valence-corrected chi connectivity index (χ3v) is 0.891. The molecule has 2 N–H and O–H groups in total. The Kier molecular flexibility index (Phi) is 2.63. The van der Waals surface area contributed by atoms with Gasteiger partial charge in [0, 0.05) is 0 Å². The average Bonchev–Trinajstić information content (AvgIpc) is 2.59. The SMILES string of the molecule is [Na+].n1nc(-c2nn[nH]n2)n[nH]1. The molecule has 0 aliphatic carbocycles. The minimum atomic E-state index is 0. The molecular formula is C2H2N8Na+. The van der Waals surface area contributed by atoms with Gasteiger partial charge in [-0.3, -0.25) is 0 Å². The molecule has 2 heterocycles. The zero-order chi connectivity index (χ0) is 6.81. The summed E-state index contributed by atoms with van der Waals surface area (Å²) in [6, 6.07) is 0. The zero-order valence-corrected chi connectivity index (χ0v) is 7.68. The number of tetrazole rings is 2. The van der Waals surface area contributed by atoms with Crippen molar-refractivity contribution in [3.05, 3.63) is 0 Å². The van der Waals surface area contributed by atoms with Gasteiger partial charge in [0.05, 0.1) is 0 Å². The van der Waals surface area contributed by atoms with Crippen molar-refractivity contribution in [2.75, 3.05) is 0 Å². The third-order valence-electron chi connectivity index (χ3n) is 0.891. The Labute approximate surface area is 82.4 Å². The van der Waals surface area contributed by atoms with Gasteiger partial charge < -0.3 is 0 Å². The molecule has 0 aromatic carbocycles. The first-order valence-electron chi connectivity index (χ1n) is 2.44. The zero-order valence-electron chi connectivity index (χ0n) is 5.68. The maximum atomic E-state index is 3.63. The van der Waals surface area contributed by atoms with Gasteiger partial charge in [0.1, 0.15) is 0 Å². The van der Waals surface area contributed by atoms with Crippen LogP contribution in [-0.2, 0) is 0 Å². The Morgan fingerprint density at radius 1 is 0.818 bits per heavy atom. The first-order valence-corrected chi connectivity index (χ1v) is 2.44. The Morgan fingerprint density at radius 2 is 1.27 bits per heavy atom. The van der Waals surface area contributed by atoms with Crippen molar-refractivity contribution in [1.82, 2.24) is 41.2 Å². The fourth-order valence-electron chi connectivity index (χ4n) is 0.513. The molecule has 50 valence electrons. The van der Waals surface area contributed by atoms with Gasteiger partial charge in [-0.25, -0.2) is 0 Å². The van der Waals surface area contributed by atoms with Crippen molar-refractivity contribution in [2.45, 2.75) is 0 Å². The molecule has 0 aliphatic heterocycles. The van der Waals surface area contributed by atoms with Gasteiger partial charge in [-0.1, -0.05) is 0 Å². The van der Waals surface area contributed by atoms with E-state index >= 15 is 0 Å². The molecule has 2 rings (SSSR count). The number of aromatic amines is 2. The molecule has 2 aromatic rings. The van der Waals surface area contributed by atoms with Crippen molar-refractivity contribution in [1.29, 1.82) is 0 Å². The summed E-state index contributed by atoms with van der Waals surface area (Å²) in [4.78, 5) is 0. The van der Waals surface area contributed by atoms with Crippen molar-refractivity contribution >= 4 is 0 Å². The molecule has 0 radical (unpaired) electrons. The number of nitrogens with one attached hydrogen (secondary N) is 2. The summed E-state index contributed by atoms with van der Waals surface area (Å²) in [7, 11) is 0. The molecule has 8 nitrogen and oxygen atoms in total. The van der Waals surface area contributed by atoms with Crippen LogP contribution < -0.4 is 29.6 Å². The largest absolute Gasteiger partial charge is 1.00 e. The molecule has 0 saturated carbocycles. The summed E-state index contributed by atoms with van der Waals surface area (Å²) >= 11 is 0. The number of hydrogen-bond acceptors (Lipinski definition) is 6. The quantitative estimate of drug-likeness (QED) is 0.407. The van der Waals surface area contributed by atoms with E-state index in [-0.39, 0.29) is 29.6 Å². The molecule has 11 heavy (non-hydrogen) atoms. The van der Waals surface area contributed by atoms with Crippen LogP contribution >= 0.6 is 0 Å². The fourth-order valence-corrected chi connectivity index (χ4v) is 0.513. The van der Waals surface area contributed by atoms with Crippen LogP contribution in [0.4, 0.5) is 0 Å². The third kappa shape index (κ3) is 1.59. The predicted octanol–water partition coefficient (Wildman–Crippen LogP) is -4.62. The van der Waals surface area contributed by atoms with Gasteiger partial charge in [-0.15, -0.1) is 20.4 Å². The van der Waals surface area contributed by atoms with Gasteiger partial charge in [-0.05, 0) is 10.4 Å². The van der Waals surface area contributed by atoms with E-state index in [0.717, 1.165) is 0 Å². The fraction of sp³-hybridized carbons (Fsp3) is 0. The number of aromatic nitrogens is 8. The summed E-state index contributed by atoms with van der Waals surface area (Å²) < 4.78 is 0. The molecule has 9 heteroatoms. The Bertz CT molecular complexity index is 252. The Hall–Kier alpha value is -0.860. The van der Waals surface area contributed by atoms with Crippen LogP contribution in [0.5, 0.6) is 0 Å². The monoisotopic (exact) mass is 161 g/mol. The normalized spacial score (nSPS) is 9.09. The second kappa shape index (κ2) is 3.51. The molecule has 2 aromatic heterocycles. The van der Waals surface area contributed by atoms with Crippen molar-refractivity contribution in [2.24, 2.45) is 0 Å². The standard InChI is InChI=1S/C2H2N8.Na/c3-1(4-8-7-3)2-5-9-10-6-2;/h(H,3,4,7,8)(H,5,6,9,10);/q;+1. The minimum Gasteiger partial charge on any atom is -0.177 e. The van der Waals surface area contributed by atoms with Gasteiger partial charge in [0.2, 0.25) is 11.6 Å². The van der Waals surface area contributed by atoms with Crippen molar-refractivity contribution in [3.8, 4) is 11.6 Å². The number of H-pyrrole nitrogens is 2. The van der Waals surface area contributed by atoms with Crippen LogP contribution in [0.2, 0.25) is 0 Å². The van der Waals surface area contributed by atoms with E-state index in [4.69, 9.17) is 0 Å². The predicted molar refractivity (Wildman–Crippen MR) is 27.3 cm³/mol. The summed E-state index contributed by atoms with van der Waals surface area (Å²) in [6.45, 7) is 0. The van der Waals surface area contributed by atoms with E-state index in [1.165, 1.54) is 0 Å². The molecule has 0 bridgehead atoms. The van der Waals surface area contributed by atoms with E-state index in [1.54, 1.807) is 0 Å². The molecule has 0 unspecified atom stereocenters. The number of rotatable bonds is 1. The summed E-state index contributed by atoms with van der Waals surface area (Å²) in [6.07, 6.45) is 0. The molecule has 0 aliphatic rings. The molecule has 0 atom stereocenters. The van der Waals surface area contributed by atoms with E-state index in [9.17, 15) is 0 Å². The van der Waals surface area contributed by atoms with Gasteiger partial charge >= 0.3 is 29.6 Å². The van der Waals surface area contributed by atoms with Gasteiger partial charge in [-0.2, -0.15) is 10.4 Å². The first-order chi connectivity index (χ1) is 4.97. The minimum absolute atomic E-state index is 0. The Balaban J connectivity index is 0.000000605. The van der Waals surface area contributed by atoms with Gasteiger partial charge in [0.25, 0.3) is 0 Å². The second-order valence-electron chi connectivity index (χ2n) is 1.47. The average molecular weight is 161 g/mol. The topological polar surface area (TPSA) is 109 Å². The molecule has 0 fully saturated rings. The molecule has 0 spiro atoms. The van der Waals surface area contributed by atoms with Crippen LogP contribution in [0.25, 0.3) is 11.6 Å². The van der Waals surface area contributed by atoms with Crippen LogP contribution in [0.1, 0.15) is 0 Å². The van der Waals surface area contributed by atoms with Crippen LogP contribution in [0, 0.1) is 0 Å². The maximum absolute atomic E-state index is 3.63. The maximum Gasteiger partial charge on any atom is 1.00 e. The second-order valence-corrected chi connectivity index (χ2v) is 1.47. The summed E-state index contributed by atoms with van der Waals surface area (Å²) in [5.41, 5.74) is 0. The Morgan fingerprint density at radius 3 is 1.55 bits per heavy atom. The molecule has 0 saturated heterocycles. The van der Waals surface area contributed by atoms with Crippen LogP contribution in [-0.4, -0.2) is 41.2 Å². The smallest absolute Gasteiger partial charge is 0.177 e. The summed E-state index contributed by atoms with van der Waals surface area (Å²) in [5.74, 6) is 0.655. The van der Waals surface area contributed by atoms with E-state index in [2.05, 4.69) is 41.2 Å². The summed E-state index contributed by atoms with van der Waals surface area (Å²) in [5, 5.41) is 25.7. The van der Waals surface area contributed by atoms with Gasteiger partial charge in [0.15, 0.2) is 0 Å². The van der Waals surface area contributed by atoms with Crippen molar-refractivity contribution in [3.63, 3.8) is 0 Å². The van der Waals surface area contributed by atoms with E-state index in [1.807, 2.05) is 0 Å². The van der Waals surface area contributed by atoms with E-state index in [0.29, 0.717) is 11.6 Å². The first kappa shape index (κ1) is 8.24.